The molecule has 0 amide bonds. The van der Waals surface area contributed by atoms with E-state index >= 15 is 0 Å². The lowest BCUT2D eigenvalue weighted by molar-refractivity contribution is 0.104. The molecule has 1 fully saturated rings. The summed E-state index contributed by atoms with van der Waals surface area (Å²) in [4.78, 5) is 0. The van der Waals surface area contributed by atoms with Crippen molar-refractivity contribution in [2.75, 3.05) is 26.8 Å². The molecule has 0 spiro atoms. The summed E-state index contributed by atoms with van der Waals surface area (Å²) in [7, 11) is 1.73. The van der Waals surface area contributed by atoms with Crippen LogP contribution < -0.4 is 10.1 Å². The molecule has 1 unspecified atom stereocenters. The zero-order valence-corrected chi connectivity index (χ0v) is 11.2. The molecule has 1 heterocycles. The summed E-state index contributed by atoms with van der Waals surface area (Å²) >= 11 is 0. The van der Waals surface area contributed by atoms with E-state index in [9.17, 15) is 0 Å². The average Bonchev–Trinajstić information content (AvgIpc) is 2.92. The molecule has 0 bridgehead atoms. The third-order valence-corrected chi connectivity index (χ3v) is 3.43. The van der Waals surface area contributed by atoms with Gasteiger partial charge in [0.05, 0.1) is 13.2 Å². The third-order valence-electron chi connectivity index (χ3n) is 3.43. The Bertz CT molecular complexity index is 348. The van der Waals surface area contributed by atoms with Crippen LogP contribution in [0.5, 0.6) is 5.75 Å². The molecule has 1 saturated heterocycles. The molecule has 1 atom stereocenters. The standard InChI is InChI=1S/C15H23NO2/c1-17-15-7-3-2-5-13(15)8-10-16-11-9-14-6-4-12-18-14/h2-3,5,7,14,16H,4,6,8-12H2,1H3. The van der Waals surface area contributed by atoms with Crippen LogP contribution in [-0.2, 0) is 11.2 Å². The van der Waals surface area contributed by atoms with Gasteiger partial charge < -0.3 is 14.8 Å². The van der Waals surface area contributed by atoms with Crippen molar-refractivity contribution in [3.8, 4) is 5.75 Å². The van der Waals surface area contributed by atoms with Crippen LogP contribution in [0.2, 0.25) is 0 Å². The summed E-state index contributed by atoms with van der Waals surface area (Å²) in [5, 5.41) is 3.48. The Morgan fingerprint density at radius 1 is 1.33 bits per heavy atom. The number of methoxy groups -OCH3 is 1. The van der Waals surface area contributed by atoms with Crippen molar-refractivity contribution in [1.29, 1.82) is 0 Å². The zero-order chi connectivity index (χ0) is 12.6. The molecule has 0 aromatic heterocycles. The van der Waals surface area contributed by atoms with E-state index in [1.807, 2.05) is 12.1 Å². The summed E-state index contributed by atoms with van der Waals surface area (Å²) in [6.07, 6.45) is 5.09. The van der Waals surface area contributed by atoms with Crippen molar-refractivity contribution in [3.63, 3.8) is 0 Å². The first-order chi connectivity index (χ1) is 8.90. The Kier molecular flexibility index (Phi) is 5.49. The normalized spacial score (nSPS) is 19.1. The van der Waals surface area contributed by atoms with Gasteiger partial charge in [0.2, 0.25) is 0 Å². The second kappa shape index (κ2) is 7.39. The minimum atomic E-state index is 0.490. The Balaban J connectivity index is 1.62. The average molecular weight is 249 g/mol. The van der Waals surface area contributed by atoms with Crippen LogP contribution in [0.1, 0.15) is 24.8 Å². The molecule has 1 aromatic rings. The van der Waals surface area contributed by atoms with Gasteiger partial charge in [-0.25, -0.2) is 0 Å². The molecule has 3 nitrogen and oxygen atoms in total. The second-order valence-electron chi connectivity index (χ2n) is 4.74. The molecular weight excluding hydrogens is 226 g/mol. The maximum absolute atomic E-state index is 5.59. The molecule has 1 aromatic carbocycles. The largest absolute Gasteiger partial charge is 0.496 e. The lowest BCUT2D eigenvalue weighted by Gasteiger charge is -2.11. The van der Waals surface area contributed by atoms with Crippen LogP contribution in [0, 0.1) is 0 Å². The van der Waals surface area contributed by atoms with Gasteiger partial charge in [-0.05, 0) is 50.4 Å². The molecule has 0 saturated carbocycles. The minimum absolute atomic E-state index is 0.490. The van der Waals surface area contributed by atoms with Crippen LogP contribution in [0.15, 0.2) is 24.3 Å². The molecule has 18 heavy (non-hydrogen) atoms. The Hall–Kier alpha value is -1.06. The maximum Gasteiger partial charge on any atom is 0.122 e. The van der Waals surface area contributed by atoms with Crippen molar-refractivity contribution in [2.45, 2.75) is 31.8 Å². The van der Waals surface area contributed by atoms with Gasteiger partial charge in [0.25, 0.3) is 0 Å². The number of para-hydroxylation sites is 1. The predicted molar refractivity (Wildman–Crippen MR) is 73.2 cm³/mol. The first-order valence-corrected chi connectivity index (χ1v) is 6.84. The smallest absolute Gasteiger partial charge is 0.122 e. The maximum atomic E-state index is 5.59. The van der Waals surface area contributed by atoms with E-state index in [4.69, 9.17) is 9.47 Å². The SMILES string of the molecule is COc1ccccc1CCNCCC1CCCO1. The van der Waals surface area contributed by atoms with E-state index in [2.05, 4.69) is 17.4 Å². The highest BCUT2D eigenvalue weighted by Gasteiger charge is 2.14. The molecule has 100 valence electrons. The monoisotopic (exact) mass is 249 g/mol. The van der Waals surface area contributed by atoms with E-state index in [1.54, 1.807) is 7.11 Å². The highest BCUT2D eigenvalue weighted by atomic mass is 16.5. The van der Waals surface area contributed by atoms with Crippen LogP contribution in [0.4, 0.5) is 0 Å². The van der Waals surface area contributed by atoms with Gasteiger partial charge in [-0.15, -0.1) is 0 Å². The fraction of sp³-hybridized carbons (Fsp3) is 0.600. The second-order valence-corrected chi connectivity index (χ2v) is 4.74. The minimum Gasteiger partial charge on any atom is -0.496 e. The fourth-order valence-electron chi connectivity index (χ4n) is 2.39. The number of hydrogen-bond acceptors (Lipinski definition) is 3. The number of nitrogens with one attached hydrogen (secondary N) is 1. The quantitative estimate of drug-likeness (QED) is 0.753. The van der Waals surface area contributed by atoms with Crippen molar-refractivity contribution < 1.29 is 9.47 Å². The summed E-state index contributed by atoms with van der Waals surface area (Å²) in [6, 6.07) is 8.21. The summed E-state index contributed by atoms with van der Waals surface area (Å²) in [6.45, 7) is 2.98. The molecule has 1 aliphatic rings. The highest BCUT2D eigenvalue weighted by Crippen LogP contribution is 2.17. The van der Waals surface area contributed by atoms with Crippen molar-refractivity contribution in [3.05, 3.63) is 29.8 Å². The van der Waals surface area contributed by atoms with Gasteiger partial charge in [0.1, 0.15) is 5.75 Å². The van der Waals surface area contributed by atoms with Crippen LogP contribution in [0.3, 0.4) is 0 Å². The molecule has 2 rings (SSSR count). The van der Waals surface area contributed by atoms with E-state index in [0.717, 1.165) is 38.3 Å². The summed E-state index contributed by atoms with van der Waals surface area (Å²) in [5.41, 5.74) is 1.27. The van der Waals surface area contributed by atoms with Crippen LogP contribution in [0.25, 0.3) is 0 Å². The molecule has 1 aliphatic heterocycles. The lowest BCUT2D eigenvalue weighted by Crippen LogP contribution is -2.22. The van der Waals surface area contributed by atoms with Crippen LogP contribution in [-0.4, -0.2) is 32.9 Å². The van der Waals surface area contributed by atoms with E-state index < -0.39 is 0 Å². The van der Waals surface area contributed by atoms with E-state index in [1.165, 1.54) is 18.4 Å². The Morgan fingerprint density at radius 3 is 3.00 bits per heavy atom. The third kappa shape index (κ3) is 4.00. The molecule has 0 aliphatic carbocycles. The van der Waals surface area contributed by atoms with Gasteiger partial charge in [0.15, 0.2) is 0 Å². The van der Waals surface area contributed by atoms with E-state index in [-0.39, 0.29) is 0 Å². The molecule has 3 heteroatoms. The van der Waals surface area contributed by atoms with Gasteiger partial charge in [-0.2, -0.15) is 0 Å². The molecule has 0 radical (unpaired) electrons. The first kappa shape index (κ1) is 13.4. The van der Waals surface area contributed by atoms with Gasteiger partial charge in [-0.3, -0.25) is 0 Å². The van der Waals surface area contributed by atoms with Crippen molar-refractivity contribution in [2.24, 2.45) is 0 Å². The number of hydrogen-bond donors (Lipinski definition) is 1. The topological polar surface area (TPSA) is 30.5 Å². The van der Waals surface area contributed by atoms with Gasteiger partial charge in [0, 0.05) is 6.61 Å². The Labute approximate surface area is 109 Å². The predicted octanol–water partition coefficient (Wildman–Crippen LogP) is 2.40. The number of rotatable bonds is 7. The van der Waals surface area contributed by atoms with Crippen molar-refractivity contribution >= 4 is 0 Å². The first-order valence-electron chi connectivity index (χ1n) is 6.84. The van der Waals surface area contributed by atoms with Crippen molar-refractivity contribution in [1.82, 2.24) is 5.32 Å². The number of benzene rings is 1. The highest BCUT2D eigenvalue weighted by molar-refractivity contribution is 5.33. The zero-order valence-electron chi connectivity index (χ0n) is 11.2. The van der Waals surface area contributed by atoms with Crippen LogP contribution >= 0.6 is 0 Å². The van der Waals surface area contributed by atoms with Gasteiger partial charge in [-0.1, -0.05) is 18.2 Å². The fourth-order valence-corrected chi connectivity index (χ4v) is 2.39. The van der Waals surface area contributed by atoms with Gasteiger partial charge >= 0.3 is 0 Å². The summed E-state index contributed by atoms with van der Waals surface area (Å²) in [5.74, 6) is 0.985. The molecular formula is C15H23NO2. The molecule has 1 N–H and O–H groups in total. The summed E-state index contributed by atoms with van der Waals surface area (Å²) < 4.78 is 10.9. The number of ether oxygens (including phenoxy) is 2. The lowest BCUT2D eigenvalue weighted by atomic mass is 10.1. The van der Waals surface area contributed by atoms with E-state index in [0.29, 0.717) is 6.10 Å². The Morgan fingerprint density at radius 2 is 2.22 bits per heavy atom.